The van der Waals surface area contributed by atoms with Gasteiger partial charge in [0.25, 0.3) is 0 Å². The van der Waals surface area contributed by atoms with Crippen molar-refractivity contribution in [1.29, 1.82) is 0 Å². The first-order valence-electron chi connectivity index (χ1n) is 12.5. The lowest BCUT2D eigenvalue weighted by Gasteiger charge is -2.28. The molecule has 1 N–H and O–H groups in total. The average molecular weight is 453 g/mol. The van der Waals surface area contributed by atoms with Gasteiger partial charge in [0.1, 0.15) is 11.5 Å². The molecule has 0 spiro atoms. The summed E-state index contributed by atoms with van der Waals surface area (Å²) in [6.07, 6.45) is 7.49. The van der Waals surface area contributed by atoms with Gasteiger partial charge in [0.2, 0.25) is 0 Å². The molecule has 5 nitrogen and oxygen atoms in total. The van der Waals surface area contributed by atoms with Crippen LogP contribution in [0.2, 0.25) is 0 Å². The summed E-state index contributed by atoms with van der Waals surface area (Å²) in [5.41, 5.74) is 1.18. The summed E-state index contributed by atoms with van der Waals surface area (Å²) < 4.78 is 18.1. The first kappa shape index (κ1) is 23.6. The Morgan fingerprint density at radius 1 is 1.03 bits per heavy atom. The number of carbonyl (C=O) groups is 1. The van der Waals surface area contributed by atoms with Crippen LogP contribution in [0.25, 0.3) is 0 Å². The van der Waals surface area contributed by atoms with Crippen LogP contribution in [0.5, 0.6) is 11.5 Å². The first-order valence-corrected chi connectivity index (χ1v) is 12.5. The van der Waals surface area contributed by atoms with Gasteiger partial charge in [-0.1, -0.05) is 50.1 Å². The van der Waals surface area contributed by atoms with Crippen molar-refractivity contribution >= 4 is 5.97 Å². The van der Waals surface area contributed by atoms with E-state index in [-0.39, 0.29) is 0 Å². The Balaban J connectivity index is 1.36. The third kappa shape index (κ3) is 6.29. The Kier molecular flexibility index (Phi) is 8.27. The van der Waals surface area contributed by atoms with E-state index < -0.39 is 12.1 Å². The van der Waals surface area contributed by atoms with Gasteiger partial charge < -0.3 is 19.3 Å². The minimum Gasteiger partial charge on any atom is -0.494 e. The molecule has 0 aliphatic carbocycles. The maximum atomic E-state index is 11.6. The van der Waals surface area contributed by atoms with Gasteiger partial charge in [-0.2, -0.15) is 0 Å². The second-order valence-corrected chi connectivity index (χ2v) is 9.36. The molecule has 2 aromatic rings. The lowest BCUT2D eigenvalue weighted by molar-refractivity contribution is -0.145. The summed E-state index contributed by atoms with van der Waals surface area (Å²) in [6.45, 7) is 2.81. The Bertz CT molecular complexity index is 883. The lowest BCUT2D eigenvalue weighted by Crippen LogP contribution is -2.30. The summed E-state index contributed by atoms with van der Waals surface area (Å²) >= 11 is 0. The van der Waals surface area contributed by atoms with E-state index >= 15 is 0 Å². The van der Waals surface area contributed by atoms with Crippen molar-refractivity contribution in [3.63, 3.8) is 0 Å². The van der Waals surface area contributed by atoms with Gasteiger partial charge in [-0.3, -0.25) is 0 Å². The number of aliphatic carboxylic acids is 1. The molecule has 2 bridgehead atoms. The van der Waals surface area contributed by atoms with Crippen LogP contribution in [-0.4, -0.2) is 36.0 Å². The van der Waals surface area contributed by atoms with Crippen molar-refractivity contribution in [1.82, 2.24) is 0 Å². The largest absolute Gasteiger partial charge is 0.494 e. The van der Waals surface area contributed by atoms with E-state index in [0.29, 0.717) is 42.8 Å². The highest BCUT2D eigenvalue weighted by Gasteiger charge is 2.48. The summed E-state index contributed by atoms with van der Waals surface area (Å²) in [6, 6.07) is 17.9. The molecule has 33 heavy (non-hydrogen) atoms. The topological polar surface area (TPSA) is 65.0 Å². The van der Waals surface area contributed by atoms with E-state index in [1.807, 2.05) is 48.5 Å². The van der Waals surface area contributed by atoms with Crippen LogP contribution in [-0.2, 0) is 16.0 Å². The van der Waals surface area contributed by atoms with E-state index in [1.165, 1.54) is 5.56 Å². The zero-order valence-electron chi connectivity index (χ0n) is 19.5. The smallest absolute Gasteiger partial charge is 0.344 e. The Labute approximate surface area is 197 Å². The number of ether oxygens (including phenoxy) is 3. The summed E-state index contributed by atoms with van der Waals surface area (Å²) in [4.78, 5) is 11.6. The maximum Gasteiger partial charge on any atom is 0.344 e. The molecule has 2 saturated heterocycles. The summed E-state index contributed by atoms with van der Waals surface area (Å²) in [5, 5.41) is 9.55. The van der Waals surface area contributed by atoms with Crippen molar-refractivity contribution in [3.8, 4) is 11.5 Å². The molecule has 5 atom stereocenters. The molecule has 0 amide bonds. The number of hydrogen-bond acceptors (Lipinski definition) is 4. The average Bonchev–Trinajstić information content (AvgIpc) is 3.42. The molecule has 0 saturated carbocycles. The normalized spacial score (nSPS) is 24.5. The summed E-state index contributed by atoms with van der Waals surface area (Å²) in [5.74, 6) is 1.60. The third-order valence-electron chi connectivity index (χ3n) is 7.05. The number of carboxylic acids is 1. The number of para-hydroxylation sites is 1. The molecule has 0 aromatic heterocycles. The highest BCUT2D eigenvalue weighted by Crippen LogP contribution is 2.46. The van der Waals surface area contributed by atoms with Crippen molar-refractivity contribution in [3.05, 3.63) is 60.2 Å². The zero-order valence-corrected chi connectivity index (χ0v) is 19.5. The number of rotatable bonds is 13. The number of carboxylic acid groups (broad SMARTS) is 1. The molecular weight excluding hydrogens is 416 g/mol. The van der Waals surface area contributed by atoms with Crippen LogP contribution in [0.15, 0.2) is 54.6 Å². The quantitative estimate of drug-likeness (QED) is 0.383. The van der Waals surface area contributed by atoms with Crippen LogP contribution >= 0.6 is 0 Å². The van der Waals surface area contributed by atoms with Gasteiger partial charge in [-0.05, 0) is 80.2 Å². The first-order chi connectivity index (χ1) is 16.1. The highest BCUT2D eigenvalue weighted by atomic mass is 16.5. The van der Waals surface area contributed by atoms with Gasteiger partial charge in [0.15, 0.2) is 6.10 Å². The second kappa shape index (κ2) is 11.6. The lowest BCUT2D eigenvalue weighted by atomic mass is 9.75. The van der Waals surface area contributed by atoms with Gasteiger partial charge in [0, 0.05) is 0 Å². The second-order valence-electron chi connectivity index (χ2n) is 9.36. The van der Waals surface area contributed by atoms with E-state index in [9.17, 15) is 9.90 Å². The zero-order chi connectivity index (χ0) is 23.0. The molecule has 2 aliphatic rings. The fraction of sp³-hybridized carbons (Fsp3) is 0.536. The monoisotopic (exact) mass is 452 g/mol. The van der Waals surface area contributed by atoms with Gasteiger partial charge >= 0.3 is 5.97 Å². The van der Waals surface area contributed by atoms with Crippen molar-refractivity contribution in [2.24, 2.45) is 11.8 Å². The predicted octanol–water partition coefficient (Wildman–Crippen LogP) is 5.90. The molecule has 5 heteroatoms. The standard InChI is InChI=1S/C28H36O5/c1-2-3-5-13-27(28(29)30)32-22-12-8-9-20(18-22)19-24-23(25-14-15-26(24)33-25)16-17-31-21-10-6-4-7-11-21/h4,6-12,18,23-27H,2-3,5,13-17,19H2,1H3,(H,29,30). The molecule has 4 rings (SSSR count). The Morgan fingerprint density at radius 3 is 2.55 bits per heavy atom. The van der Waals surface area contributed by atoms with Gasteiger partial charge in [-0.15, -0.1) is 0 Å². The van der Waals surface area contributed by atoms with E-state index in [2.05, 4.69) is 13.0 Å². The maximum absolute atomic E-state index is 11.6. The van der Waals surface area contributed by atoms with Crippen LogP contribution in [0.4, 0.5) is 0 Å². The minimum atomic E-state index is -0.892. The van der Waals surface area contributed by atoms with E-state index in [4.69, 9.17) is 14.2 Å². The van der Waals surface area contributed by atoms with Crippen molar-refractivity contribution in [2.45, 2.75) is 76.6 Å². The number of benzene rings is 2. The molecular formula is C28H36O5. The van der Waals surface area contributed by atoms with E-state index in [0.717, 1.165) is 50.7 Å². The number of hydrogen-bond donors (Lipinski definition) is 1. The Morgan fingerprint density at radius 2 is 1.79 bits per heavy atom. The van der Waals surface area contributed by atoms with Crippen LogP contribution in [0.1, 0.15) is 57.4 Å². The molecule has 178 valence electrons. The van der Waals surface area contributed by atoms with Gasteiger partial charge in [0.05, 0.1) is 18.8 Å². The SMILES string of the molecule is CCCCCC(Oc1cccc(CC2C3CCC(O3)C2CCOc2ccccc2)c1)C(=O)O. The van der Waals surface area contributed by atoms with Crippen molar-refractivity contribution in [2.75, 3.05) is 6.61 Å². The fourth-order valence-corrected chi connectivity index (χ4v) is 5.38. The van der Waals surface area contributed by atoms with Gasteiger partial charge in [-0.25, -0.2) is 4.79 Å². The fourth-order valence-electron chi connectivity index (χ4n) is 5.38. The third-order valence-corrected chi connectivity index (χ3v) is 7.05. The number of fused-ring (bicyclic) bond motifs is 2. The molecule has 5 unspecified atom stereocenters. The van der Waals surface area contributed by atoms with Crippen LogP contribution < -0.4 is 9.47 Å². The minimum absolute atomic E-state index is 0.308. The van der Waals surface area contributed by atoms with E-state index in [1.54, 1.807) is 0 Å². The molecule has 2 aromatic carbocycles. The number of unbranched alkanes of at least 4 members (excludes halogenated alkanes) is 2. The molecule has 2 fully saturated rings. The Hall–Kier alpha value is -2.53. The highest BCUT2D eigenvalue weighted by molar-refractivity contribution is 5.72. The van der Waals surface area contributed by atoms with Crippen LogP contribution in [0, 0.1) is 11.8 Å². The van der Waals surface area contributed by atoms with Crippen molar-refractivity contribution < 1.29 is 24.1 Å². The van der Waals surface area contributed by atoms with Crippen LogP contribution in [0.3, 0.4) is 0 Å². The summed E-state index contributed by atoms with van der Waals surface area (Å²) in [7, 11) is 0. The molecule has 0 radical (unpaired) electrons. The predicted molar refractivity (Wildman–Crippen MR) is 128 cm³/mol. The molecule has 2 aliphatic heterocycles. The molecule has 2 heterocycles.